The highest BCUT2D eigenvalue weighted by Crippen LogP contribution is 2.32. The molecule has 2 unspecified atom stereocenters. The molecule has 1 aliphatic carbocycles. The average Bonchev–Trinajstić information content (AvgIpc) is 2.60. The maximum atomic E-state index is 13.0. The van der Waals surface area contributed by atoms with E-state index in [4.69, 9.17) is 0 Å². The van der Waals surface area contributed by atoms with E-state index in [2.05, 4.69) is 17.2 Å². The van der Waals surface area contributed by atoms with Crippen LogP contribution in [0.15, 0.2) is 12.1 Å². The Labute approximate surface area is 157 Å². The fourth-order valence-electron chi connectivity index (χ4n) is 3.87. The summed E-state index contributed by atoms with van der Waals surface area (Å²) in [5.74, 6) is -0.278. The molecule has 2 amide bonds. The zero-order valence-electron chi connectivity index (χ0n) is 16.7. The number of carbonyl (C=O) groups is 2. The van der Waals surface area contributed by atoms with Gasteiger partial charge < -0.3 is 10.2 Å². The zero-order valence-corrected chi connectivity index (χ0v) is 16.7. The SMILES string of the molecule is CCCCNC(=O)C1CCCCC1C(=O)N(C)Cc1cc(C)cc(C)n1. The number of aryl methyl sites for hydroxylation is 2. The topological polar surface area (TPSA) is 62.3 Å². The third-order valence-electron chi connectivity index (χ3n) is 5.18. The minimum Gasteiger partial charge on any atom is -0.356 e. The van der Waals surface area contributed by atoms with Gasteiger partial charge >= 0.3 is 0 Å². The first kappa shape index (κ1) is 20.4. The van der Waals surface area contributed by atoms with Crippen molar-refractivity contribution >= 4 is 11.8 Å². The summed E-state index contributed by atoms with van der Waals surface area (Å²) in [6.45, 7) is 7.31. The Morgan fingerprint density at radius 2 is 1.88 bits per heavy atom. The number of nitrogens with one attached hydrogen (secondary N) is 1. The van der Waals surface area contributed by atoms with Crippen LogP contribution >= 0.6 is 0 Å². The molecule has 1 heterocycles. The first-order valence-corrected chi connectivity index (χ1v) is 9.89. The molecular weight excluding hydrogens is 326 g/mol. The molecule has 144 valence electrons. The number of pyridine rings is 1. The van der Waals surface area contributed by atoms with E-state index in [-0.39, 0.29) is 23.7 Å². The maximum absolute atomic E-state index is 13.0. The van der Waals surface area contributed by atoms with Crippen molar-refractivity contribution in [2.45, 2.75) is 65.8 Å². The van der Waals surface area contributed by atoms with Gasteiger partial charge in [-0.05, 0) is 50.8 Å². The fourth-order valence-corrected chi connectivity index (χ4v) is 3.87. The van der Waals surface area contributed by atoms with Crippen LogP contribution in [0.25, 0.3) is 0 Å². The van der Waals surface area contributed by atoms with Crippen molar-refractivity contribution in [1.29, 1.82) is 0 Å². The molecular formula is C21H33N3O2. The van der Waals surface area contributed by atoms with Gasteiger partial charge in [-0.15, -0.1) is 0 Å². The molecule has 0 aromatic carbocycles. The molecule has 0 saturated heterocycles. The third-order valence-corrected chi connectivity index (χ3v) is 5.18. The molecule has 2 atom stereocenters. The van der Waals surface area contributed by atoms with Crippen LogP contribution in [0, 0.1) is 25.7 Å². The quantitative estimate of drug-likeness (QED) is 0.759. The Kier molecular flexibility index (Phi) is 7.61. The second kappa shape index (κ2) is 9.70. The molecule has 1 saturated carbocycles. The molecule has 0 spiro atoms. The van der Waals surface area contributed by atoms with Crippen LogP contribution in [0.3, 0.4) is 0 Å². The van der Waals surface area contributed by atoms with E-state index in [1.54, 1.807) is 4.90 Å². The highest BCUT2D eigenvalue weighted by Gasteiger charge is 2.36. The van der Waals surface area contributed by atoms with Crippen molar-refractivity contribution in [2.24, 2.45) is 11.8 Å². The van der Waals surface area contributed by atoms with Crippen molar-refractivity contribution < 1.29 is 9.59 Å². The summed E-state index contributed by atoms with van der Waals surface area (Å²) in [6.07, 6.45) is 5.69. The number of nitrogens with zero attached hydrogens (tertiary/aromatic N) is 2. The van der Waals surface area contributed by atoms with E-state index >= 15 is 0 Å². The molecule has 2 rings (SSSR count). The maximum Gasteiger partial charge on any atom is 0.226 e. The summed E-state index contributed by atoms with van der Waals surface area (Å²) >= 11 is 0. The smallest absolute Gasteiger partial charge is 0.226 e. The zero-order chi connectivity index (χ0) is 19.1. The lowest BCUT2D eigenvalue weighted by molar-refractivity contribution is -0.143. The predicted octanol–water partition coefficient (Wildman–Crippen LogP) is 3.38. The third kappa shape index (κ3) is 5.55. The summed E-state index contributed by atoms with van der Waals surface area (Å²) in [5.41, 5.74) is 3.02. The minimum absolute atomic E-state index is 0.0504. The monoisotopic (exact) mass is 359 g/mol. The molecule has 1 aromatic rings. The molecule has 26 heavy (non-hydrogen) atoms. The number of rotatable bonds is 7. The lowest BCUT2D eigenvalue weighted by Gasteiger charge is -2.32. The minimum atomic E-state index is -0.207. The molecule has 0 aliphatic heterocycles. The van der Waals surface area contributed by atoms with Crippen LogP contribution in [0.4, 0.5) is 0 Å². The summed E-state index contributed by atoms with van der Waals surface area (Å²) in [7, 11) is 1.82. The molecule has 1 N–H and O–H groups in total. The number of amides is 2. The van der Waals surface area contributed by atoms with Gasteiger partial charge in [0.15, 0.2) is 0 Å². The molecule has 5 nitrogen and oxygen atoms in total. The van der Waals surface area contributed by atoms with Crippen LogP contribution < -0.4 is 5.32 Å². The van der Waals surface area contributed by atoms with Gasteiger partial charge in [0.05, 0.1) is 12.2 Å². The summed E-state index contributed by atoms with van der Waals surface area (Å²) in [5, 5.41) is 3.02. The standard InChI is InChI=1S/C21H33N3O2/c1-5-6-11-22-20(25)18-9-7-8-10-19(18)21(26)24(4)14-17-13-15(2)12-16(3)23-17/h12-13,18-19H,5-11,14H2,1-4H3,(H,22,25). The molecule has 1 aliphatic rings. The van der Waals surface area contributed by atoms with E-state index in [0.29, 0.717) is 13.1 Å². The van der Waals surface area contributed by atoms with Crippen molar-refractivity contribution in [3.8, 4) is 0 Å². The van der Waals surface area contributed by atoms with Gasteiger partial charge in [0, 0.05) is 31.1 Å². The number of unbranched alkanes of at least 4 members (excludes halogenated alkanes) is 1. The number of hydrogen-bond donors (Lipinski definition) is 1. The summed E-state index contributed by atoms with van der Waals surface area (Å²) < 4.78 is 0. The number of aromatic nitrogens is 1. The van der Waals surface area contributed by atoms with Crippen molar-refractivity contribution in [2.75, 3.05) is 13.6 Å². The van der Waals surface area contributed by atoms with Gasteiger partial charge in [0.2, 0.25) is 11.8 Å². The Bertz CT molecular complexity index is 609. The van der Waals surface area contributed by atoms with Gasteiger partial charge in [0.1, 0.15) is 0 Å². The van der Waals surface area contributed by atoms with Crippen LogP contribution in [-0.2, 0) is 16.1 Å². The van der Waals surface area contributed by atoms with Gasteiger partial charge in [-0.3, -0.25) is 14.6 Å². The fraction of sp³-hybridized carbons (Fsp3) is 0.667. The normalized spacial score (nSPS) is 19.8. The largest absolute Gasteiger partial charge is 0.356 e. The van der Waals surface area contributed by atoms with Crippen molar-refractivity contribution in [3.05, 3.63) is 29.1 Å². The first-order chi connectivity index (χ1) is 12.4. The van der Waals surface area contributed by atoms with Gasteiger partial charge in [-0.1, -0.05) is 26.2 Å². The van der Waals surface area contributed by atoms with Crippen LogP contribution in [-0.4, -0.2) is 35.3 Å². The molecule has 1 fully saturated rings. The Balaban J connectivity index is 2.02. The van der Waals surface area contributed by atoms with Gasteiger partial charge in [-0.2, -0.15) is 0 Å². The van der Waals surface area contributed by atoms with Crippen LogP contribution in [0.5, 0.6) is 0 Å². The van der Waals surface area contributed by atoms with Crippen molar-refractivity contribution in [1.82, 2.24) is 15.2 Å². The highest BCUT2D eigenvalue weighted by molar-refractivity contribution is 5.87. The predicted molar refractivity (Wildman–Crippen MR) is 104 cm³/mol. The molecule has 1 aromatic heterocycles. The number of hydrogen-bond acceptors (Lipinski definition) is 3. The molecule has 5 heteroatoms. The van der Waals surface area contributed by atoms with Gasteiger partial charge in [-0.25, -0.2) is 0 Å². The van der Waals surface area contributed by atoms with Crippen molar-refractivity contribution in [3.63, 3.8) is 0 Å². The van der Waals surface area contributed by atoms with Crippen LogP contribution in [0.2, 0.25) is 0 Å². The van der Waals surface area contributed by atoms with E-state index in [1.165, 1.54) is 0 Å². The average molecular weight is 360 g/mol. The van der Waals surface area contributed by atoms with Crippen LogP contribution in [0.1, 0.15) is 62.4 Å². The Morgan fingerprint density at radius 1 is 1.19 bits per heavy atom. The van der Waals surface area contributed by atoms with E-state index in [9.17, 15) is 9.59 Å². The highest BCUT2D eigenvalue weighted by atomic mass is 16.2. The van der Waals surface area contributed by atoms with E-state index in [1.807, 2.05) is 33.0 Å². The summed E-state index contributed by atoms with van der Waals surface area (Å²) in [4.78, 5) is 31.9. The number of carbonyl (C=O) groups excluding carboxylic acids is 2. The summed E-state index contributed by atoms with van der Waals surface area (Å²) in [6, 6.07) is 4.05. The Morgan fingerprint density at radius 3 is 2.54 bits per heavy atom. The second-order valence-corrected chi connectivity index (χ2v) is 7.61. The lowest BCUT2D eigenvalue weighted by atomic mass is 9.78. The molecule has 0 radical (unpaired) electrons. The van der Waals surface area contributed by atoms with E-state index < -0.39 is 0 Å². The first-order valence-electron chi connectivity index (χ1n) is 9.89. The van der Waals surface area contributed by atoms with E-state index in [0.717, 1.165) is 55.5 Å². The molecule has 0 bridgehead atoms. The van der Waals surface area contributed by atoms with Gasteiger partial charge in [0.25, 0.3) is 0 Å². The second-order valence-electron chi connectivity index (χ2n) is 7.61. The Hall–Kier alpha value is -1.91. The lowest BCUT2D eigenvalue weighted by Crippen LogP contribution is -2.44.